The van der Waals surface area contributed by atoms with Gasteiger partial charge in [-0.1, -0.05) is 6.92 Å². The van der Waals surface area contributed by atoms with E-state index in [-0.39, 0.29) is 0 Å². The van der Waals surface area contributed by atoms with Crippen LogP contribution in [0.4, 0.5) is 0 Å². The number of rotatable bonds is 1. The highest BCUT2D eigenvalue weighted by Gasteiger charge is 1.57. The first-order chi connectivity index (χ1) is 2.91. The minimum Gasteiger partial charge on any atom is -0.179 e. The van der Waals surface area contributed by atoms with Gasteiger partial charge >= 0.3 is 0 Å². The first kappa shape index (κ1) is 9.92. The first-order valence-electron chi connectivity index (χ1n) is 1.60. The molecule has 0 atom stereocenters. The first-order valence-corrected chi connectivity index (χ1v) is 4.55. The maximum absolute atomic E-state index is 4.11. The van der Waals surface area contributed by atoms with Crippen molar-refractivity contribution < 1.29 is 0 Å². The molecule has 0 aliphatic rings. The van der Waals surface area contributed by atoms with Gasteiger partial charge in [0.1, 0.15) is 0 Å². The summed E-state index contributed by atoms with van der Waals surface area (Å²) in [6.07, 6.45) is 0.934. The second kappa shape index (κ2) is 17.1. The maximum Gasteiger partial charge on any atom is 0.0612 e. The van der Waals surface area contributed by atoms with Gasteiger partial charge in [0.15, 0.2) is 0 Å². The zero-order valence-electron chi connectivity index (χ0n) is 3.68. The molecule has 0 aliphatic carbocycles. The average molecular weight is 137 g/mol. The Bertz CT molecular complexity index is 16.3. The smallest absolute Gasteiger partial charge is 0.0612 e. The van der Waals surface area contributed by atoms with Gasteiger partial charge in [-0.25, -0.2) is 0 Å². The highest BCUT2D eigenvalue weighted by molar-refractivity contribution is 7.83. The van der Waals surface area contributed by atoms with Gasteiger partial charge in [0.05, 0.1) is 8.95 Å². The molecule has 0 N–H and O–H groups in total. The van der Waals surface area contributed by atoms with E-state index in [1.165, 1.54) is 8.95 Å². The second-order valence-corrected chi connectivity index (χ2v) is 1.02. The molecular formula is C3H9S2Si. The van der Waals surface area contributed by atoms with E-state index >= 15 is 0 Å². The third-order valence-corrected chi connectivity index (χ3v) is 0.474. The summed E-state index contributed by atoms with van der Waals surface area (Å²) in [5.74, 6) is 0.903. The van der Waals surface area contributed by atoms with Crippen molar-refractivity contribution in [1.29, 1.82) is 0 Å². The van der Waals surface area contributed by atoms with Crippen LogP contribution in [0.3, 0.4) is 0 Å². The number of hydrogen-bond acceptors (Lipinski definition) is 2. The van der Waals surface area contributed by atoms with Crippen LogP contribution in [-0.4, -0.2) is 14.7 Å². The van der Waals surface area contributed by atoms with Crippen LogP contribution >= 0.6 is 24.3 Å². The highest BCUT2D eigenvalue weighted by Crippen LogP contribution is 1.73. The van der Waals surface area contributed by atoms with Crippen LogP contribution in [0.15, 0.2) is 0 Å². The van der Waals surface area contributed by atoms with Gasteiger partial charge in [0, 0.05) is 0 Å². The van der Waals surface area contributed by atoms with Gasteiger partial charge in [-0.3, -0.25) is 0 Å². The lowest BCUT2D eigenvalue weighted by molar-refractivity contribution is 1.25. The second-order valence-electron chi connectivity index (χ2n) is 0.577. The zero-order chi connectivity index (χ0) is 5.41. The van der Waals surface area contributed by atoms with Crippen molar-refractivity contribution in [2.45, 2.75) is 6.42 Å². The molecule has 0 aromatic carbocycles. The Hall–Kier alpha value is 0.787. The summed E-state index contributed by atoms with van der Waals surface area (Å²) in [6, 6.07) is 0. The average Bonchev–Trinajstić information content (AvgIpc) is 1.72. The molecule has 3 heteroatoms. The molecule has 0 aromatic heterocycles. The molecule has 6 heavy (non-hydrogen) atoms. The van der Waals surface area contributed by atoms with Crippen molar-refractivity contribution in [1.82, 2.24) is 0 Å². The summed E-state index contributed by atoms with van der Waals surface area (Å²) >= 11 is 7.97. The van der Waals surface area contributed by atoms with Gasteiger partial charge < -0.3 is 0 Å². The molecular weight excluding hydrogens is 128 g/mol. The lowest BCUT2D eigenvalue weighted by Gasteiger charge is -1.67. The van der Waals surface area contributed by atoms with Crippen molar-refractivity contribution in [2.24, 2.45) is 0 Å². The summed E-state index contributed by atoms with van der Waals surface area (Å²) in [4.78, 5) is 0. The Labute approximate surface area is 52.7 Å². The molecule has 0 bridgehead atoms. The van der Waals surface area contributed by atoms with Crippen molar-refractivity contribution >= 4 is 33.2 Å². The van der Waals surface area contributed by atoms with Crippen LogP contribution in [0.2, 0.25) is 0 Å². The Morgan fingerprint density at radius 3 is 1.83 bits per heavy atom. The third-order valence-electron chi connectivity index (χ3n) is 0.158. The van der Waals surface area contributed by atoms with Crippen LogP contribution in [-0.2, 0) is 0 Å². The van der Waals surface area contributed by atoms with Crippen molar-refractivity contribution in [3.8, 4) is 0 Å². The molecule has 1 radical (unpaired) electrons. The summed E-state index contributed by atoms with van der Waals surface area (Å²) in [5, 5.41) is 0. The molecule has 0 amide bonds. The third kappa shape index (κ3) is 21.5. The molecule has 0 nitrogen and oxygen atoms in total. The van der Waals surface area contributed by atoms with E-state index in [0.29, 0.717) is 0 Å². The van der Waals surface area contributed by atoms with Gasteiger partial charge in [-0.05, 0) is 12.2 Å². The highest BCUT2D eigenvalue weighted by atomic mass is 32.2. The summed E-state index contributed by atoms with van der Waals surface area (Å²) in [5.41, 5.74) is 0. The fraction of sp³-hybridized carbons (Fsp3) is 0.667. The molecule has 0 heterocycles. The van der Waals surface area contributed by atoms with Crippen LogP contribution in [0.5, 0.6) is 0 Å². The Morgan fingerprint density at radius 2 is 1.83 bits per heavy atom. The van der Waals surface area contributed by atoms with E-state index in [1.807, 2.05) is 0 Å². The minimum atomic E-state index is 0.903. The van der Waals surface area contributed by atoms with Crippen molar-refractivity contribution in [3.63, 3.8) is 0 Å². The normalized spacial score (nSPS) is 5.67. The van der Waals surface area contributed by atoms with Gasteiger partial charge in [0.25, 0.3) is 0 Å². The fourth-order valence-electron chi connectivity index (χ4n) is 0. The summed E-state index contributed by atoms with van der Waals surface area (Å²) in [7, 11) is 1.44. The largest absolute Gasteiger partial charge is 0.179 e. The SMILES string of the molecule is [CH2]CCS.[SiH2]=S. The molecule has 0 rings (SSSR count). The monoisotopic (exact) mass is 137 g/mol. The Kier molecular flexibility index (Phi) is 28.2. The minimum absolute atomic E-state index is 0.903. The quantitative estimate of drug-likeness (QED) is 0.413. The molecule has 0 saturated heterocycles. The molecule has 0 saturated carbocycles. The van der Waals surface area contributed by atoms with Crippen molar-refractivity contribution in [2.75, 3.05) is 5.75 Å². The van der Waals surface area contributed by atoms with E-state index in [9.17, 15) is 0 Å². The lowest BCUT2D eigenvalue weighted by atomic mass is 10.6. The van der Waals surface area contributed by atoms with Crippen molar-refractivity contribution in [3.05, 3.63) is 6.92 Å². The zero-order valence-corrected chi connectivity index (χ0v) is 6.81. The van der Waals surface area contributed by atoms with E-state index in [4.69, 9.17) is 0 Å². The van der Waals surface area contributed by atoms with Crippen LogP contribution in [0.1, 0.15) is 6.42 Å². The number of thiol groups is 1. The van der Waals surface area contributed by atoms with Gasteiger partial charge in [-0.2, -0.15) is 12.6 Å². The predicted molar refractivity (Wildman–Crippen MR) is 40.0 cm³/mol. The molecule has 37 valence electrons. The molecule has 0 aromatic rings. The van der Waals surface area contributed by atoms with Gasteiger partial charge in [-0.15, -0.1) is 11.6 Å². The maximum atomic E-state index is 4.11. The standard InChI is InChI=1S/C3H7S.H2SSi/c1-2-3-4;1-2/h4H,1-3H2;2H2. The molecule has 0 unspecified atom stereocenters. The topological polar surface area (TPSA) is 0 Å². The van der Waals surface area contributed by atoms with Crippen LogP contribution < -0.4 is 0 Å². The van der Waals surface area contributed by atoms with E-state index in [2.05, 4.69) is 31.2 Å². The molecule has 0 aliphatic heterocycles. The Morgan fingerprint density at radius 1 is 1.67 bits per heavy atom. The van der Waals surface area contributed by atoms with Crippen LogP contribution in [0.25, 0.3) is 0 Å². The molecule has 0 spiro atoms. The van der Waals surface area contributed by atoms with Gasteiger partial charge in [0.2, 0.25) is 0 Å². The van der Waals surface area contributed by atoms with E-state index in [0.717, 1.165) is 12.2 Å². The van der Waals surface area contributed by atoms with E-state index < -0.39 is 0 Å². The number of hydrogen-bond donors (Lipinski definition) is 1. The van der Waals surface area contributed by atoms with E-state index in [1.54, 1.807) is 0 Å². The Balaban J connectivity index is 0. The fourth-order valence-corrected chi connectivity index (χ4v) is 0. The summed E-state index contributed by atoms with van der Waals surface area (Å²) in [6.45, 7) is 3.53. The lowest BCUT2D eigenvalue weighted by Crippen LogP contribution is -1.56. The molecule has 0 fully saturated rings. The predicted octanol–water partition coefficient (Wildman–Crippen LogP) is 0.872. The van der Waals surface area contributed by atoms with Crippen LogP contribution in [0, 0.1) is 6.92 Å². The summed E-state index contributed by atoms with van der Waals surface area (Å²) < 4.78 is 0.